The van der Waals surface area contributed by atoms with Gasteiger partial charge in [0.2, 0.25) is 0 Å². The first kappa shape index (κ1) is 22.8. The average molecular weight is 463 g/mol. The fourth-order valence-electron chi connectivity index (χ4n) is 2.68. The molecule has 0 unspecified atom stereocenters. The van der Waals surface area contributed by atoms with E-state index in [4.69, 9.17) is 16.3 Å². The van der Waals surface area contributed by atoms with Crippen LogP contribution >= 0.6 is 11.6 Å². The maximum absolute atomic E-state index is 13.3. The van der Waals surface area contributed by atoms with Gasteiger partial charge >= 0.3 is 6.09 Å². The molecule has 31 heavy (non-hydrogen) atoms. The van der Waals surface area contributed by atoms with Gasteiger partial charge in [-0.05, 0) is 51.1 Å². The molecule has 3 aromatic rings. The van der Waals surface area contributed by atoms with Crippen molar-refractivity contribution in [2.24, 2.45) is 0 Å². The number of pyridine rings is 2. The molecule has 0 saturated carbocycles. The number of carbonyl (C=O) groups is 1. The molecule has 3 heterocycles. The highest BCUT2D eigenvalue weighted by molar-refractivity contribution is 7.90. The third kappa shape index (κ3) is 4.88. The molecule has 0 aromatic carbocycles. The summed E-state index contributed by atoms with van der Waals surface area (Å²) in [7, 11) is -2.33. The summed E-state index contributed by atoms with van der Waals surface area (Å²) in [6.07, 6.45) is 5.16. The van der Waals surface area contributed by atoms with Crippen molar-refractivity contribution >= 4 is 27.7 Å². The molecule has 0 aliphatic rings. The summed E-state index contributed by atoms with van der Waals surface area (Å²) in [5.74, 6) is 0. The first-order valence-corrected chi connectivity index (χ1v) is 11.2. The molecule has 0 atom stereocenters. The number of hydrogen-bond acceptors (Lipinski definition) is 6. The van der Waals surface area contributed by atoms with Crippen molar-refractivity contribution in [1.82, 2.24) is 18.8 Å². The fourth-order valence-corrected chi connectivity index (χ4v) is 4.25. The molecule has 0 radical (unpaired) electrons. The number of aromatic nitrogens is 3. The Morgan fingerprint density at radius 2 is 1.94 bits per heavy atom. The lowest BCUT2D eigenvalue weighted by Crippen LogP contribution is -2.42. The number of rotatable bonds is 5. The number of hydrogen-bond donors (Lipinski definition) is 0. The van der Waals surface area contributed by atoms with Gasteiger partial charge in [0.15, 0.2) is 0 Å². The van der Waals surface area contributed by atoms with E-state index in [0.29, 0.717) is 16.8 Å². The topological polar surface area (TPSA) is 94.4 Å². The molecule has 0 aliphatic carbocycles. The van der Waals surface area contributed by atoms with Crippen LogP contribution in [0.15, 0.2) is 60.0 Å². The zero-order chi connectivity index (χ0) is 22.8. The van der Waals surface area contributed by atoms with Gasteiger partial charge in [-0.25, -0.2) is 22.2 Å². The lowest BCUT2D eigenvalue weighted by molar-refractivity contribution is 0.0759. The van der Waals surface area contributed by atoms with E-state index in [1.807, 2.05) is 20.8 Å². The lowest BCUT2D eigenvalue weighted by Gasteiger charge is -2.30. The molecule has 164 valence electrons. The van der Waals surface area contributed by atoms with E-state index < -0.39 is 21.7 Å². The second kappa shape index (κ2) is 8.68. The average Bonchev–Trinajstić information content (AvgIpc) is 3.16. The van der Waals surface area contributed by atoms with Crippen LogP contribution in [0, 0.1) is 0 Å². The van der Waals surface area contributed by atoms with E-state index in [-0.39, 0.29) is 16.7 Å². The third-order valence-electron chi connectivity index (χ3n) is 4.71. The minimum atomic E-state index is -3.97. The van der Waals surface area contributed by atoms with Crippen LogP contribution in [-0.4, -0.2) is 45.9 Å². The Morgan fingerprint density at radius 1 is 1.23 bits per heavy atom. The van der Waals surface area contributed by atoms with E-state index in [1.54, 1.807) is 25.2 Å². The smallest absolute Gasteiger partial charge is 0.410 e. The van der Waals surface area contributed by atoms with Crippen molar-refractivity contribution in [3.05, 3.63) is 65.8 Å². The van der Waals surface area contributed by atoms with Crippen LogP contribution in [0.1, 0.15) is 26.3 Å². The highest BCUT2D eigenvalue weighted by Crippen LogP contribution is 2.31. The summed E-state index contributed by atoms with van der Waals surface area (Å²) >= 11 is 6.23. The Kier molecular flexibility index (Phi) is 6.38. The van der Waals surface area contributed by atoms with Crippen LogP contribution < -0.4 is 0 Å². The predicted octanol–water partition coefficient (Wildman–Crippen LogP) is 4.20. The Bertz CT molecular complexity index is 1190. The molecular weight excluding hydrogens is 440 g/mol. The second-order valence-corrected chi connectivity index (χ2v) is 10.0. The summed E-state index contributed by atoms with van der Waals surface area (Å²) in [6, 6.07) is 7.94. The number of halogens is 1. The van der Waals surface area contributed by atoms with Crippen molar-refractivity contribution < 1.29 is 17.9 Å². The number of carbonyl (C=O) groups excluding carboxylic acids is 1. The zero-order valence-electron chi connectivity index (χ0n) is 17.6. The maximum Gasteiger partial charge on any atom is 0.410 e. The fraction of sp³-hybridized carbons (Fsp3) is 0.286. The SMILES string of the molecule is CN(C(=O)OCc1cc(-c2cccnc2Cl)n(S(=O)(=O)c2cccnc2)c1)C(C)(C)C. The van der Waals surface area contributed by atoms with Crippen molar-refractivity contribution in [1.29, 1.82) is 0 Å². The summed E-state index contributed by atoms with van der Waals surface area (Å²) in [5.41, 5.74) is 0.803. The molecule has 0 bridgehead atoms. The van der Waals surface area contributed by atoms with Crippen LogP contribution in [0.2, 0.25) is 5.15 Å². The highest BCUT2D eigenvalue weighted by atomic mass is 35.5. The van der Waals surface area contributed by atoms with Crippen LogP contribution in [0.4, 0.5) is 4.79 Å². The Labute approximate surface area is 186 Å². The Morgan fingerprint density at radius 3 is 2.55 bits per heavy atom. The predicted molar refractivity (Wildman–Crippen MR) is 117 cm³/mol. The molecule has 3 rings (SSSR count). The highest BCUT2D eigenvalue weighted by Gasteiger charge is 2.26. The van der Waals surface area contributed by atoms with Crippen molar-refractivity contribution in [3.8, 4) is 11.3 Å². The van der Waals surface area contributed by atoms with E-state index >= 15 is 0 Å². The third-order valence-corrected chi connectivity index (χ3v) is 6.67. The lowest BCUT2D eigenvalue weighted by atomic mass is 10.1. The molecular formula is C21H23ClN4O4S. The zero-order valence-corrected chi connectivity index (χ0v) is 19.2. The van der Waals surface area contributed by atoms with E-state index in [0.717, 1.165) is 3.97 Å². The van der Waals surface area contributed by atoms with Gasteiger partial charge in [0.25, 0.3) is 10.0 Å². The quantitative estimate of drug-likeness (QED) is 0.527. The van der Waals surface area contributed by atoms with Crippen LogP contribution in [0.25, 0.3) is 11.3 Å². The Hall–Kier alpha value is -2.91. The molecule has 0 aliphatic heterocycles. The van der Waals surface area contributed by atoms with Crippen molar-refractivity contribution in [2.45, 2.75) is 37.8 Å². The van der Waals surface area contributed by atoms with Gasteiger partial charge in [0.1, 0.15) is 16.7 Å². The summed E-state index contributed by atoms with van der Waals surface area (Å²) in [6.45, 7) is 5.54. The molecule has 0 spiro atoms. The van der Waals surface area contributed by atoms with E-state index in [2.05, 4.69) is 9.97 Å². The van der Waals surface area contributed by atoms with Gasteiger partial charge < -0.3 is 9.64 Å². The summed E-state index contributed by atoms with van der Waals surface area (Å²) in [4.78, 5) is 21.8. The van der Waals surface area contributed by atoms with Gasteiger partial charge in [-0.2, -0.15) is 0 Å². The van der Waals surface area contributed by atoms with Crippen LogP contribution in [0.3, 0.4) is 0 Å². The molecule has 0 saturated heterocycles. The number of amides is 1. The normalized spacial score (nSPS) is 11.9. The summed E-state index contributed by atoms with van der Waals surface area (Å²) < 4.78 is 33.0. The Balaban J connectivity index is 2.02. The van der Waals surface area contributed by atoms with Crippen molar-refractivity contribution in [3.63, 3.8) is 0 Å². The maximum atomic E-state index is 13.3. The first-order valence-electron chi connectivity index (χ1n) is 9.40. The minimum Gasteiger partial charge on any atom is -0.444 e. The van der Waals surface area contributed by atoms with Crippen LogP contribution in [0.5, 0.6) is 0 Å². The van der Waals surface area contributed by atoms with Gasteiger partial charge in [0, 0.05) is 48.5 Å². The van der Waals surface area contributed by atoms with Gasteiger partial charge in [0.05, 0.1) is 5.69 Å². The molecule has 1 amide bonds. The van der Waals surface area contributed by atoms with E-state index in [9.17, 15) is 13.2 Å². The number of nitrogens with zero attached hydrogens (tertiary/aromatic N) is 4. The van der Waals surface area contributed by atoms with Gasteiger partial charge in [-0.1, -0.05) is 11.6 Å². The summed E-state index contributed by atoms with van der Waals surface area (Å²) in [5, 5.41) is 0.152. The monoisotopic (exact) mass is 462 g/mol. The first-order chi connectivity index (χ1) is 14.5. The molecule has 10 heteroatoms. The second-order valence-electron chi connectivity index (χ2n) is 7.85. The molecule has 8 nitrogen and oxygen atoms in total. The number of ether oxygens (including phenoxy) is 1. The van der Waals surface area contributed by atoms with Crippen LogP contribution in [-0.2, 0) is 21.4 Å². The van der Waals surface area contributed by atoms with Gasteiger partial charge in [-0.3, -0.25) is 4.98 Å². The molecule has 0 fully saturated rings. The molecule has 0 N–H and O–H groups in total. The van der Waals surface area contributed by atoms with Gasteiger partial charge in [-0.15, -0.1) is 0 Å². The van der Waals surface area contributed by atoms with E-state index in [1.165, 1.54) is 41.8 Å². The standard InChI is InChI=1S/C21H23ClN4O4S/c1-21(2,3)25(4)20(27)30-14-15-11-18(17-8-6-10-24-19(17)22)26(13-15)31(28,29)16-7-5-9-23-12-16/h5-13H,14H2,1-4H3. The minimum absolute atomic E-state index is 0.0165. The molecule has 3 aromatic heterocycles. The largest absolute Gasteiger partial charge is 0.444 e. The van der Waals surface area contributed by atoms with Crippen molar-refractivity contribution in [2.75, 3.05) is 7.05 Å².